The molecular weight excluding hydrogens is 280 g/mol. The first-order chi connectivity index (χ1) is 7.77. The number of carbonyl (C=O) groups excluding carboxylic acids is 2. The highest BCUT2D eigenvalue weighted by Crippen LogP contribution is 2.31. The standard InChI is InChI=1S/C10H6O2S4/c11-9(7-3-1-5-13-7)15-16-10(12)8-4-2-6-14-8/h1-6H. The van der Waals surface area contributed by atoms with Crippen LogP contribution in [0.2, 0.25) is 0 Å². The average molecular weight is 286 g/mol. The fourth-order valence-electron chi connectivity index (χ4n) is 0.947. The molecule has 16 heavy (non-hydrogen) atoms. The monoisotopic (exact) mass is 286 g/mol. The molecule has 0 radical (unpaired) electrons. The first-order valence-electron chi connectivity index (χ1n) is 4.27. The Morgan fingerprint density at radius 1 is 0.875 bits per heavy atom. The lowest BCUT2D eigenvalue weighted by Crippen LogP contribution is -1.90. The van der Waals surface area contributed by atoms with Gasteiger partial charge in [0.15, 0.2) is 0 Å². The molecule has 2 rings (SSSR count). The third-order valence-electron chi connectivity index (χ3n) is 1.64. The summed E-state index contributed by atoms with van der Waals surface area (Å²) in [5.74, 6) is 0. The van der Waals surface area contributed by atoms with Crippen LogP contribution in [0.15, 0.2) is 35.0 Å². The highest BCUT2D eigenvalue weighted by atomic mass is 33.1. The molecule has 0 aliphatic heterocycles. The van der Waals surface area contributed by atoms with Gasteiger partial charge in [0, 0.05) is 0 Å². The van der Waals surface area contributed by atoms with E-state index in [4.69, 9.17) is 0 Å². The predicted molar refractivity (Wildman–Crippen MR) is 72.5 cm³/mol. The molecule has 0 bridgehead atoms. The largest absolute Gasteiger partial charge is 0.280 e. The smallest absolute Gasteiger partial charge is 0.240 e. The van der Waals surface area contributed by atoms with Crippen molar-refractivity contribution < 1.29 is 9.59 Å². The van der Waals surface area contributed by atoms with Crippen molar-refractivity contribution in [1.29, 1.82) is 0 Å². The Hall–Kier alpha value is -0.560. The third-order valence-corrected chi connectivity index (χ3v) is 5.62. The molecule has 2 aromatic rings. The van der Waals surface area contributed by atoms with Gasteiger partial charge in [0.05, 0.1) is 9.75 Å². The molecule has 0 amide bonds. The van der Waals surface area contributed by atoms with Crippen LogP contribution in [-0.4, -0.2) is 10.2 Å². The first-order valence-corrected chi connectivity index (χ1v) is 8.18. The van der Waals surface area contributed by atoms with Gasteiger partial charge in [-0.25, -0.2) is 0 Å². The Labute approximate surface area is 108 Å². The van der Waals surface area contributed by atoms with Crippen LogP contribution < -0.4 is 0 Å². The summed E-state index contributed by atoms with van der Waals surface area (Å²) in [4.78, 5) is 24.5. The molecule has 0 spiro atoms. The summed E-state index contributed by atoms with van der Waals surface area (Å²) < 4.78 is 0. The van der Waals surface area contributed by atoms with Crippen LogP contribution in [0, 0.1) is 0 Å². The van der Waals surface area contributed by atoms with Crippen molar-refractivity contribution in [3.05, 3.63) is 44.8 Å². The third kappa shape index (κ3) is 2.98. The second-order valence-electron chi connectivity index (χ2n) is 2.70. The van der Waals surface area contributed by atoms with E-state index < -0.39 is 0 Å². The minimum atomic E-state index is -0.0649. The second-order valence-corrected chi connectivity index (χ2v) is 6.67. The van der Waals surface area contributed by atoms with Gasteiger partial charge in [-0.3, -0.25) is 9.59 Å². The SMILES string of the molecule is O=C(SSC(=O)c1cccs1)c1cccs1. The van der Waals surface area contributed by atoms with E-state index in [1.54, 1.807) is 12.1 Å². The van der Waals surface area contributed by atoms with Crippen molar-refractivity contribution in [3.63, 3.8) is 0 Å². The molecule has 0 atom stereocenters. The van der Waals surface area contributed by atoms with Gasteiger partial charge in [0.2, 0.25) is 10.2 Å². The van der Waals surface area contributed by atoms with E-state index in [0.717, 1.165) is 21.6 Å². The van der Waals surface area contributed by atoms with Crippen molar-refractivity contribution in [3.8, 4) is 0 Å². The molecule has 2 nitrogen and oxygen atoms in total. The van der Waals surface area contributed by atoms with Crippen molar-refractivity contribution in [2.24, 2.45) is 0 Å². The average Bonchev–Trinajstić information content (AvgIpc) is 2.95. The minimum absolute atomic E-state index is 0.0649. The number of hydrogen-bond donors (Lipinski definition) is 0. The zero-order valence-corrected chi connectivity index (χ0v) is 11.2. The van der Waals surface area contributed by atoms with Crippen LogP contribution in [0.5, 0.6) is 0 Å². The Morgan fingerprint density at radius 3 is 1.62 bits per heavy atom. The lowest BCUT2D eigenvalue weighted by molar-refractivity contribution is 0.108. The first kappa shape index (κ1) is 11.9. The van der Waals surface area contributed by atoms with Crippen LogP contribution in [-0.2, 0) is 0 Å². The number of carbonyl (C=O) groups is 2. The molecule has 0 saturated heterocycles. The molecule has 0 unspecified atom stereocenters. The molecule has 0 aliphatic rings. The fraction of sp³-hybridized carbons (Fsp3) is 0. The van der Waals surface area contributed by atoms with E-state index in [0.29, 0.717) is 9.75 Å². The molecule has 2 heterocycles. The summed E-state index contributed by atoms with van der Waals surface area (Å²) in [5, 5.41) is 3.56. The van der Waals surface area contributed by atoms with Crippen molar-refractivity contribution in [2.75, 3.05) is 0 Å². The molecule has 82 valence electrons. The van der Waals surface area contributed by atoms with Gasteiger partial charge in [0.1, 0.15) is 0 Å². The molecule has 0 aliphatic carbocycles. The lowest BCUT2D eigenvalue weighted by atomic mass is 10.5. The Bertz CT molecular complexity index is 427. The topological polar surface area (TPSA) is 34.1 Å². The highest BCUT2D eigenvalue weighted by molar-refractivity contribution is 8.87. The van der Waals surface area contributed by atoms with Gasteiger partial charge in [-0.15, -0.1) is 22.7 Å². The molecular formula is C10H6O2S4. The summed E-state index contributed by atoms with van der Waals surface area (Å²) >= 11 is 2.78. The van der Waals surface area contributed by atoms with E-state index in [1.807, 2.05) is 22.9 Å². The van der Waals surface area contributed by atoms with E-state index in [1.165, 1.54) is 22.7 Å². The van der Waals surface area contributed by atoms with Crippen molar-refractivity contribution in [1.82, 2.24) is 0 Å². The predicted octanol–water partition coefficient (Wildman–Crippen LogP) is 4.17. The van der Waals surface area contributed by atoms with E-state index in [9.17, 15) is 9.59 Å². The summed E-state index contributed by atoms with van der Waals surface area (Å²) in [6.45, 7) is 0. The van der Waals surface area contributed by atoms with Gasteiger partial charge >= 0.3 is 0 Å². The lowest BCUT2D eigenvalue weighted by Gasteiger charge is -1.95. The fourth-order valence-corrected chi connectivity index (χ4v) is 4.36. The minimum Gasteiger partial charge on any atom is -0.280 e. The zero-order valence-electron chi connectivity index (χ0n) is 7.91. The van der Waals surface area contributed by atoms with Crippen LogP contribution in [0.25, 0.3) is 0 Å². The molecule has 2 aromatic heterocycles. The van der Waals surface area contributed by atoms with Gasteiger partial charge in [-0.1, -0.05) is 12.1 Å². The molecule has 0 aromatic carbocycles. The Morgan fingerprint density at radius 2 is 1.31 bits per heavy atom. The summed E-state index contributed by atoms with van der Waals surface area (Å²) in [6.07, 6.45) is 0. The molecule has 0 fully saturated rings. The van der Waals surface area contributed by atoms with E-state index in [-0.39, 0.29) is 10.2 Å². The summed E-state index contributed by atoms with van der Waals surface area (Å²) in [5.41, 5.74) is 0. The summed E-state index contributed by atoms with van der Waals surface area (Å²) in [6, 6.07) is 7.17. The van der Waals surface area contributed by atoms with Gasteiger partial charge in [0.25, 0.3) is 0 Å². The maximum absolute atomic E-state index is 11.6. The highest BCUT2D eigenvalue weighted by Gasteiger charge is 2.13. The van der Waals surface area contributed by atoms with Crippen LogP contribution in [0.4, 0.5) is 0 Å². The molecule has 0 saturated carbocycles. The summed E-state index contributed by atoms with van der Waals surface area (Å²) in [7, 11) is 1.97. The zero-order chi connectivity index (χ0) is 11.4. The Balaban J connectivity index is 1.89. The van der Waals surface area contributed by atoms with Crippen LogP contribution in [0.3, 0.4) is 0 Å². The number of hydrogen-bond acceptors (Lipinski definition) is 6. The van der Waals surface area contributed by atoms with Crippen LogP contribution >= 0.6 is 44.3 Å². The van der Waals surface area contributed by atoms with E-state index in [2.05, 4.69) is 0 Å². The maximum atomic E-state index is 11.6. The van der Waals surface area contributed by atoms with Crippen molar-refractivity contribution in [2.45, 2.75) is 0 Å². The van der Waals surface area contributed by atoms with Gasteiger partial charge in [-0.05, 0) is 44.5 Å². The van der Waals surface area contributed by atoms with Crippen molar-refractivity contribution >= 4 is 54.5 Å². The van der Waals surface area contributed by atoms with E-state index >= 15 is 0 Å². The maximum Gasteiger partial charge on any atom is 0.240 e. The normalized spacial score (nSPS) is 10.2. The van der Waals surface area contributed by atoms with Gasteiger partial charge in [-0.2, -0.15) is 0 Å². The van der Waals surface area contributed by atoms with Gasteiger partial charge < -0.3 is 0 Å². The number of rotatable bonds is 2. The molecule has 6 heteroatoms. The molecule has 0 N–H and O–H groups in total. The number of thiophene rings is 2. The van der Waals surface area contributed by atoms with Crippen LogP contribution in [0.1, 0.15) is 19.3 Å². The Kier molecular flexibility index (Phi) is 4.22. The second kappa shape index (κ2) is 5.67. The quantitative estimate of drug-likeness (QED) is 0.776.